The van der Waals surface area contributed by atoms with Crippen molar-refractivity contribution in [1.29, 1.82) is 0 Å². The molecule has 5 heterocycles. The summed E-state index contributed by atoms with van der Waals surface area (Å²) >= 11 is 1.72. The molecule has 5 rings (SSSR count). The molecule has 0 spiro atoms. The fourth-order valence-electron chi connectivity index (χ4n) is 3.44. The van der Waals surface area contributed by atoms with E-state index in [4.69, 9.17) is 0 Å². The monoisotopic (exact) mass is 348 g/mol. The van der Waals surface area contributed by atoms with E-state index in [0.717, 1.165) is 44.7 Å². The van der Waals surface area contributed by atoms with Crippen molar-refractivity contribution in [3.8, 4) is 0 Å². The van der Waals surface area contributed by atoms with E-state index in [9.17, 15) is 0 Å². The predicted molar refractivity (Wildman–Crippen MR) is 101 cm³/mol. The van der Waals surface area contributed by atoms with Gasteiger partial charge in [-0.25, -0.2) is 9.97 Å². The number of rotatable bonds is 1. The van der Waals surface area contributed by atoms with E-state index in [0.29, 0.717) is 6.67 Å². The highest BCUT2D eigenvalue weighted by molar-refractivity contribution is 7.16. The predicted octanol–water partition coefficient (Wildman–Crippen LogP) is 3.50. The lowest BCUT2D eigenvalue weighted by molar-refractivity contribution is 0.914. The standard InChI is InChI=1S/C18H16N6S/c1-10-18(25-11(2)22-10)24-9-21-15-13-4-3-6-20-17(13)23-14-8-19-7-5-12(14)16(15)24/h3-8,21H,9H2,1-2H3,(H,20,23). The molecule has 3 aromatic rings. The first-order chi connectivity index (χ1) is 12.2. The Kier molecular flexibility index (Phi) is 3.05. The molecule has 0 unspecified atom stereocenters. The van der Waals surface area contributed by atoms with Crippen molar-refractivity contribution in [2.75, 3.05) is 16.9 Å². The highest BCUT2D eigenvalue weighted by Gasteiger charge is 2.32. The van der Waals surface area contributed by atoms with Gasteiger partial charge in [0.15, 0.2) is 0 Å². The summed E-state index contributed by atoms with van der Waals surface area (Å²) in [5, 5.41) is 9.24. The number of nitrogens with one attached hydrogen (secondary N) is 2. The second kappa shape index (κ2) is 5.29. The van der Waals surface area contributed by atoms with E-state index in [1.165, 1.54) is 5.00 Å². The molecule has 0 saturated carbocycles. The largest absolute Gasteiger partial charge is 0.365 e. The second-order valence-electron chi connectivity index (χ2n) is 6.06. The van der Waals surface area contributed by atoms with Gasteiger partial charge in [0.2, 0.25) is 0 Å². The van der Waals surface area contributed by atoms with Gasteiger partial charge in [0.25, 0.3) is 0 Å². The van der Waals surface area contributed by atoms with Gasteiger partial charge in [-0.05, 0) is 32.0 Å². The highest BCUT2D eigenvalue weighted by Crippen LogP contribution is 2.44. The number of nitrogens with zero attached hydrogens (tertiary/aromatic N) is 4. The summed E-state index contributed by atoms with van der Waals surface area (Å²) in [6.07, 6.45) is 5.48. The van der Waals surface area contributed by atoms with Gasteiger partial charge >= 0.3 is 0 Å². The van der Waals surface area contributed by atoms with Gasteiger partial charge in [0.05, 0.1) is 40.6 Å². The van der Waals surface area contributed by atoms with Crippen molar-refractivity contribution in [2.45, 2.75) is 13.8 Å². The molecule has 3 aromatic heterocycles. The molecule has 124 valence electrons. The number of fused-ring (bicyclic) bond motifs is 4. The Labute approximate surface area is 149 Å². The summed E-state index contributed by atoms with van der Waals surface area (Å²) in [6, 6.07) is 6.10. The summed E-state index contributed by atoms with van der Waals surface area (Å²) in [5.41, 5.74) is 6.42. The highest BCUT2D eigenvalue weighted by atomic mass is 32.1. The van der Waals surface area contributed by atoms with Crippen LogP contribution >= 0.6 is 11.3 Å². The van der Waals surface area contributed by atoms with Gasteiger partial charge in [-0.1, -0.05) is 0 Å². The first-order valence-corrected chi connectivity index (χ1v) is 8.90. The molecule has 0 aromatic carbocycles. The molecule has 0 fully saturated rings. The Morgan fingerprint density at radius 3 is 2.92 bits per heavy atom. The number of aryl methyl sites for hydroxylation is 2. The Bertz CT molecular complexity index is 1020. The van der Waals surface area contributed by atoms with E-state index in [1.807, 2.05) is 31.5 Å². The summed E-state index contributed by atoms with van der Waals surface area (Å²) in [5.74, 6) is 0.841. The quantitative estimate of drug-likeness (QED) is 0.702. The molecular formula is C18H16N6S. The zero-order chi connectivity index (χ0) is 17.0. The van der Waals surface area contributed by atoms with Crippen LogP contribution in [0.3, 0.4) is 0 Å². The maximum absolute atomic E-state index is 4.60. The number of hydrogen-bond acceptors (Lipinski definition) is 7. The van der Waals surface area contributed by atoms with Gasteiger partial charge in [-0.15, -0.1) is 11.3 Å². The summed E-state index contributed by atoms with van der Waals surface area (Å²) in [7, 11) is 0. The first-order valence-electron chi connectivity index (χ1n) is 8.09. The molecule has 25 heavy (non-hydrogen) atoms. The van der Waals surface area contributed by atoms with Gasteiger partial charge < -0.3 is 15.5 Å². The van der Waals surface area contributed by atoms with Crippen molar-refractivity contribution >= 4 is 39.2 Å². The van der Waals surface area contributed by atoms with Crippen LogP contribution in [0.5, 0.6) is 0 Å². The van der Waals surface area contributed by atoms with Crippen molar-refractivity contribution in [3.63, 3.8) is 0 Å². The van der Waals surface area contributed by atoms with E-state index in [2.05, 4.69) is 43.5 Å². The maximum atomic E-state index is 4.60. The maximum Gasteiger partial charge on any atom is 0.139 e. The van der Waals surface area contributed by atoms with Crippen LogP contribution in [0.15, 0.2) is 36.8 Å². The average Bonchev–Trinajstić information content (AvgIpc) is 3.14. The number of anilines is 3. The number of hydrogen-bond donors (Lipinski definition) is 2. The molecule has 6 nitrogen and oxygen atoms in total. The topological polar surface area (TPSA) is 66.0 Å². The number of thiazole rings is 1. The van der Waals surface area contributed by atoms with Crippen LogP contribution in [0.4, 0.5) is 16.5 Å². The fraction of sp³-hybridized carbons (Fsp3) is 0.167. The summed E-state index contributed by atoms with van der Waals surface area (Å²) in [4.78, 5) is 15.7. The van der Waals surface area contributed by atoms with E-state index >= 15 is 0 Å². The lowest BCUT2D eigenvalue weighted by Gasteiger charge is -2.21. The van der Waals surface area contributed by atoms with Crippen molar-refractivity contribution in [3.05, 3.63) is 58.6 Å². The lowest BCUT2D eigenvalue weighted by Crippen LogP contribution is -2.23. The number of pyridine rings is 2. The molecule has 0 saturated heterocycles. The first kappa shape index (κ1) is 14.4. The Hall–Kier alpha value is -2.93. The van der Waals surface area contributed by atoms with Crippen molar-refractivity contribution in [2.24, 2.45) is 0 Å². The lowest BCUT2D eigenvalue weighted by atomic mass is 10.1. The average molecular weight is 348 g/mol. The number of aromatic nitrogens is 3. The Balaban J connectivity index is 1.79. The minimum atomic E-state index is 0.712. The van der Waals surface area contributed by atoms with E-state index in [1.54, 1.807) is 17.5 Å². The minimum Gasteiger partial charge on any atom is -0.365 e. The van der Waals surface area contributed by atoms with Gasteiger partial charge in [0.1, 0.15) is 10.8 Å². The van der Waals surface area contributed by atoms with Crippen LogP contribution < -0.4 is 15.5 Å². The molecule has 2 aliphatic rings. The molecule has 0 radical (unpaired) electrons. The summed E-state index contributed by atoms with van der Waals surface area (Å²) in [6.45, 7) is 4.82. The normalized spacial score (nSPS) is 15.0. The molecule has 0 bridgehead atoms. The van der Waals surface area contributed by atoms with Gasteiger partial charge in [-0.2, -0.15) is 0 Å². The van der Waals surface area contributed by atoms with Crippen LogP contribution in [-0.4, -0.2) is 21.6 Å². The smallest absolute Gasteiger partial charge is 0.139 e. The zero-order valence-electron chi connectivity index (χ0n) is 13.9. The molecule has 0 atom stereocenters. The van der Waals surface area contributed by atoms with Gasteiger partial charge in [0, 0.05) is 23.5 Å². The fourth-order valence-corrected chi connectivity index (χ4v) is 4.36. The van der Waals surface area contributed by atoms with Crippen molar-refractivity contribution in [1.82, 2.24) is 20.3 Å². The van der Waals surface area contributed by atoms with Crippen LogP contribution in [0, 0.1) is 13.8 Å². The minimum absolute atomic E-state index is 0.712. The Morgan fingerprint density at radius 2 is 2.08 bits per heavy atom. The summed E-state index contributed by atoms with van der Waals surface area (Å²) < 4.78 is 0. The van der Waals surface area contributed by atoms with Gasteiger partial charge in [-0.3, -0.25) is 4.98 Å². The molecular weight excluding hydrogens is 332 g/mol. The molecule has 0 aliphatic carbocycles. The van der Waals surface area contributed by atoms with E-state index < -0.39 is 0 Å². The molecule has 7 heteroatoms. The van der Waals surface area contributed by atoms with E-state index in [-0.39, 0.29) is 0 Å². The zero-order valence-corrected chi connectivity index (χ0v) is 14.7. The second-order valence-corrected chi connectivity index (χ2v) is 7.24. The Morgan fingerprint density at radius 1 is 1.16 bits per heavy atom. The van der Waals surface area contributed by atoms with Crippen LogP contribution in [0.25, 0.3) is 11.4 Å². The molecule has 2 N–H and O–H groups in total. The third-order valence-corrected chi connectivity index (χ3v) is 5.55. The van der Waals surface area contributed by atoms with Crippen LogP contribution in [-0.2, 0) is 0 Å². The van der Waals surface area contributed by atoms with Crippen LogP contribution in [0.2, 0.25) is 0 Å². The third kappa shape index (κ3) is 2.12. The third-order valence-electron chi connectivity index (χ3n) is 4.45. The molecule has 0 amide bonds. The van der Waals surface area contributed by atoms with Crippen molar-refractivity contribution < 1.29 is 0 Å². The SMILES string of the molecule is Cc1nc(C)c(N2CNC3=C2c2ccncc2Nc2ncccc23)s1. The molecule has 2 aliphatic heterocycles. The van der Waals surface area contributed by atoms with Crippen LogP contribution in [0.1, 0.15) is 21.8 Å².